The van der Waals surface area contributed by atoms with E-state index in [4.69, 9.17) is 14.0 Å². The number of nitrogens with one attached hydrogen (secondary N) is 2. The first-order valence-electron chi connectivity index (χ1n) is 7.56. The topological polar surface area (TPSA) is 103 Å². The monoisotopic (exact) mass is 347 g/mol. The van der Waals surface area contributed by atoms with Gasteiger partial charge in [0.05, 0.1) is 19.9 Å². The van der Waals surface area contributed by atoms with Crippen LogP contribution in [-0.2, 0) is 9.59 Å². The summed E-state index contributed by atoms with van der Waals surface area (Å²) < 4.78 is 15.3. The van der Waals surface area contributed by atoms with Crippen molar-refractivity contribution in [2.45, 2.75) is 20.8 Å². The molecule has 134 valence electrons. The van der Waals surface area contributed by atoms with E-state index in [0.29, 0.717) is 22.9 Å². The number of hydrogen-bond acceptors (Lipinski definition) is 6. The van der Waals surface area contributed by atoms with Gasteiger partial charge < -0.3 is 24.6 Å². The van der Waals surface area contributed by atoms with Gasteiger partial charge in [-0.15, -0.1) is 0 Å². The minimum Gasteiger partial charge on any atom is -0.497 e. The Bertz CT molecular complexity index is 782. The van der Waals surface area contributed by atoms with Crippen molar-refractivity contribution in [1.29, 1.82) is 0 Å². The standard InChI is InChI=1S/C17H21N3O5/c1-10-8-14(20-25-10)19-16(22)17(2,3)15(21)18-12-9-11(23-4)6-7-13(12)24-5/h6-9H,1-5H3,(H,18,21)(H,19,20,22). The molecule has 0 saturated heterocycles. The third-order valence-electron chi connectivity index (χ3n) is 3.66. The number of nitrogens with zero attached hydrogens (tertiary/aromatic N) is 1. The Balaban J connectivity index is 2.16. The Kier molecular flexibility index (Phi) is 5.31. The van der Waals surface area contributed by atoms with Gasteiger partial charge in [-0.1, -0.05) is 5.16 Å². The molecule has 0 radical (unpaired) electrons. The van der Waals surface area contributed by atoms with Crippen LogP contribution in [-0.4, -0.2) is 31.2 Å². The fraction of sp³-hybridized carbons (Fsp3) is 0.353. The number of amides is 2. The molecule has 2 rings (SSSR count). The summed E-state index contributed by atoms with van der Waals surface area (Å²) in [6, 6.07) is 6.56. The van der Waals surface area contributed by atoms with Gasteiger partial charge in [0.15, 0.2) is 5.82 Å². The van der Waals surface area contributed by atoms with Gasteiger partial charge in [-0.3, -0.25) is 9.59 Å². The highest BCUT2D eigenvalue weighted by molar-refractivity contribution is 6.14. The average Bonchev–Trinajstić information content (AvgIpc) is 2.99. The van der Waals surface area contributed by atoms with Gasteiger partial charge in [0.1, 0.15) is 22.7 Å². The lowest BCUT2D eigenvalue weighted by molar-refractivity contribution is -0.135. The van der Waals surface area contributed by atoms with Gasteiger partial charge >= 0.3 is 0 Å². The molecule has 1 aromatic carbocycles. The average molecular weight is 347 g/mol. The van der Waals surface area contributed by atoms with Crippen LogP contribution in [0.4, 0.5) is 11.5 Å². The van der Waals surface area contributed by atoms with E-state index in [0.717, 1.165) is 0 Å². The molecule has 0 unspecified atom stereocenters. The minimum atomic E-state index is -1.36. The molecule has 0 aliphatic rings. The van der Waals surface area contributed by atoms with E-state index in [-0.39, 0.29) is 5.82 Å². The minimum absolute atomic E-state index is 0.252. The first-order valence-corrected chi connectivity index (χ1v) is 7.56. The molecule has 0 saturated carbocycles. The Labute approximate surface area is 145 Å². The second-order valence-electron chi connectivity index (χ2n) is 5.92. The maximum Gasteiger partial charge on any atom is 0.240 e. The van der Waals surface area contributed by atoms with Gasteiger partial charge in [-0.2, -0.15) is 0 Å². The zero-order valence-electron chi connectivity index (χ0n) is 14.8. The van der Waals surface area contributed by atoms with Crippen LogP contribution in [0.3, 0.4) is 0 Å². The zero-order valence-corrected chi connectivity index (χ0v) is 14.8. The Morgan fingerprint density at radius 1 is 1.08 bits per heavy atom. The van der Waals surface area contributed by atoms with E-state index in [1.807, 2.05) is 0 Å². The van der Waals surface area contributed by atoms with Crippen molar-refractivity contribution in [3.63, 3.8) is 0 Å². The van der Waals surface area contributed by atoms with Crippen molar-refractivity contribution < 1.29 is 23.6 Å². The number of ether oxygens (including phenoxy) is 2. The summed E-state index contributed by atoms with van der Waals surface area (Å²) in [6.45, 7) is 4.73. The molecule has 8 heteroatoms. The Hall–Kier alpha value is -3.03. The first-order chi connectivity index (χ1) is 11.8. The van der Waals surface area contributed by atoms with Crippen LogP contribution >= 0.6 is 0 Å². The quantitative estimate of drug-likeness (QED) is 0.779. The summed E-state index contributed by atoms with van der Waals surface area (Å²) in [7, 11) is 3.01. The van der Waals surface area contributed by atoms with E-state index < -0.39 is 17.2 Å². The van der Waals surface area contributed by atoms with Crippen LogP contribution in [0.5, 0.6) is 11.5 Å². The number of aromatic nitrogens is 1. The Morgan fingerprint density at radius 2 is 1.76 bits per heavy atom. The molecule has 2 amide bonds. The van der Waals surface area contributed by atoms with E-state index >= 15 is 0 Å². The summed E-state index contributed by atoms with van der Waals surface area (Å²) in [5.41, 5.74) is -0.953. The lowest BCUT2D eigenvalue weighted by atomic mass is 9.91. The van der Waals surface area contributed by atoms with Crippen LogP contribution in [0.15, 0.2) is 28.8 Å². The molecule has 0 fully saturated rings. The number of carbonyl (C=O) groups is 2. The van der Waals surface area contributed by atoms with Gasteiger partial charge in [0.2, 0.25) is 11.8 Å². The number of aryl methyl sites for hydroxylation is 1. The molecule has 2 N–H and O–H groups in total. The second kappa shape index (κ2) is 7.25. The van der Waals surface area contributed by atoms with Crippen LogP contribution in [0.2, 0.25) is 0 Å². The molecular formula is C17H21N3O5. The summed E-state index contributed by atoms with van der Waals surface area (Å²) in [6.07, 6.45) is 0. The van der Waals surface area contributed by atoms with Crippen molar-refractivity contribution in [2.75, 3.05) is 24.9 Å². The smallest absolute Gasteiger partial charge is 0.240 e. The fourth-order valence-electron chi connectivity index (χ4n) is 1.99. The highest BCUT2D eigenvalue weighted by Gasteiger charge is 2.37. The van der Waals surface area contributed by atoms with Gasteiger partial charge in [0.25, 0.3) is 0 Å². The van der Waals surface area contributed by atoms with Gasteiger partial charge in [-0.25, -0.2) is 0 Å². The highest BCUT2D eigenvalue weighted by Crippen LogP contribution is 2.31. The largest absolute Gasteiger partial charge is 0.497 e. The number of hydrogen-bond donors (Lipinski definition) is 2. The number of anilines is 2. The molecule has 8 nitrogen and oxygen atoms in total. The normalized spacial score (nSPS) is 10.9. The lowest BCUT2D eigenvalue weighted by Gasteiger charge is -2.22. The summed E-state index contributed by atoms with van der Waals surface area (Å²) in [5, 5.41) is 8.95. The maximum atomic E-state index is 12.6. The van der Waals surface area contributed by atoms with E-state index in [9.17, 15) is 9.59 Å². The van der Waals surface area contributed by atoms with Crippen LogP contribution < -0.4 is 20.1 Å². The molecule has 0 aliphatic heterocycles. The molecule has 1 heterocycles. The summed E-state index contributed by atoms with van der Waals surface area (Å²) in [4.78, 5) is 25.1. The number of benzene rings is 1. The third kappa shape index (κ3) is 4.09. The molecule has 0 spiro atoms. The first kappa shape index (κ1) is 18.3. The molecule has 2 aromatic rings. The molecular weight excluding hydrogens is 326 g/mol. The van der Waals surface area contributed by atoms with E-state index in [1.54, 1.807) is 31.2 Å². The van der Waals surface area contributed by atoms with Gasteiger partial charge in [0, 0.05) is 12.1 Å². The zero-order chi connectivity index (χ0) is 18.6. The highest BCUT2D eigenvalue weighted by atomic mass is 16.5. The second-order valence-corrected chi connectivity index (χ2v) is 5.92. The maximum absolute atomic E-state index is 12.6. The number of carbonyl (C=O) groups excluding carboxylic acids is 2. The molecule has 1 aromatic heterocycles. The Morgan fingerprint density at radius 3 is 2.32 bits per heavy atom. The van der Waals surface area contributed by atoms with Crippen molar-refractivity contribution in [1.82, 2.24) is 5.16 Å². The number of rotatable bonds is 6. The van der Waals surface area contributed by atoms with Crippen molar-refractivity contribution >= 4 is 23.3 Å². The summed E-state index contributed by atoms with van der Waals surface area (Å²) >= 11 is 0. The lowest BCUT2D eigenvalue weighted by Crippen LogP contribution is -2.41. The number of methoxy groups -OCH3 is 2. The predicted octanol–water partition coefficient (Wildman–Crippen LogP) is 2.60. The fourth-order valence-corrected chi connectivity index (χ4v) is 1.99. The SMILES string of the molecule is COc1ccc(OC)c(NC(=O)C(C)(C)C(=O)Nc2cc(C)on2)c1. The summed E-state index contributed by atoms with van der Waals surface area (Å²) in [5.74, 6) is 0.798. The van der Waals surface area contributed by atoms with E-state index in [1.165, 1.54) is 28.1 Å². The van der Waals surface area contributed by atoms with Crippen molar-refractivity contribution in [2.24, 2.45) is 5.41 Å². The molecule has 25 heavy (non-hydrogen) atoms. The third-order valence-corrected chi connectivity index (χ3v) is 3.66. The molecule has 0 atom stereocenters. The van der Waals surface area contributed by atoms with E-state index in [2.05, 4.69) is 15.8 Å². The van der Waals surface area contributed by atoms with Gasteiger partial charge in [-0.05, 0) is 32.9 Å². The molecule has 0 bridgehead atoms. The van der Waals surface area contributed by atoms with Crippen LogP contribution in [0.25, 0.3) is 0 Å². The van der Waals surface area contributed by atoms with Crippen LogP contribution in [0.1, 0.15) is 19.6 Å². The van der Waals surface area contributed by atoms with Crippen molar-refractivity contribution in [3.05, 3.63) is 30.0 Å². The van der Waals surface area contributed by atoms with Crippen molar-refractivity contribution in [3.8, 4) is 11.5 Å². The predicted molar refractivity (Wildman–Crippen MR) is 91.8 cm³/mol. The van der Waals surface area contributed by atoms with Crippen LogP contribution in [0, 0.1) is 12.3 Å². The molecule has 0 aliphatic carbocycles.